The minimum atomic E-state index is 0. The summed E-state index contributed by atoms with van der Waals surface area (Å²) in [5.41, 5.74) is 7.39. The summed E-state index contributed by atoms with van der Waals surface area (Å²) in [6, 6.07) is 11.9. The third kappa shape index (κ3) is 5.59. The van der Waals surface area contributed by atoms with E-state index >= 15 is 0 Å². The Morgan fingerprint density at radius 1 is 1.07 bits per heavy atom. The lowest BCUT2D eigenvalue weighted by atomic mass is 10.1. The monoisotopic (exact) mass is 521 g/mol. The van der Waals surface area contributed by atoms with E-state index in [1.54, 1.807) is 12.4 Å². The molecular weight excluding hydrogens is 493 g/mol. The minimum Gasteiger partial charge on any atom is -0.370 e. The fourth-order valence-electron chi connectivity index (χ4n) is 3.85. The lowest BCUT2D eigenvalue weighted by molar-refractivity contribution is -0.128. The van der Waals surface area contributed by atoms with Crippen LogP contribution in [0.1, 0.15) is 12.0 Å². The van der Waals surface area contributed by atoms with Gasteiger partial charge in [-0.3, -0.25) is 9.79 Å². The van der Waals surface area contributed by atoms with Crippen LogP contribution in [0.5, 0.6) is 0 Å². The maximum atomic E-state index is 12.3. The van der Waals surface area contributed by atoms with E-state index in [4.69, 9.17) is 5.73 Å². The average molecular weight is 521 g/mol. The number of nitrogens with two attached hydrogens (primary N) is 1. The molecular formula is C21H28IN7O. The van der Waals surface area contributed by atoms with Crippen molar-refractivity contribution in [1.29, 1.82) is 0 Å². The number of guanidine groups is 1. The number of carbonyl (C=O) groups excluding carboxylic acids is 1. The molecule has 0 spiro atoms. The number of hydrogen-bond donors (Lipinski definition) is 1. The number of likely N-dealkylation sites (tertiary alicyclic amines) is 1. The molecule has 0 aliphatic carbocycles. The highest BCUT2D eigenvalue weighted by atomic mass is 127. The fraction of sp³-hybridized carbons (Fsp3) is 0.429. The summed E-state index contributed by atoms with van der Waals surface area (Å²) in [5, 5.41) is 0. The second-order valence-electron chi connectivity index (χ2n) is 7.55. The summed E-state index contributed by atoms with van der Waals surface area (Å²) in [4.78, 5) is 31.7. The van der Waals surface area contributed by atoms with Gasteiger partial charge in [-0.15, -0.1) is 24.0 Å². The zero-order valence-corrected chi connectivity index (χ0v) is 19.3. The van der Waals surface area contributed by atoms with E-state index in [0.29, 0.717) is 25.5 Å². The average Bonchev–Trinajstić information content (AvgIpc) is 3.12. The quantitative estimate of drug-likeness (QED) is 0.365. The number of carbonyl (C=O) groups is 1. The van der Waals surface area contributed by atoms with E-state index in [2.05, 4.69) is 36.9 Å². The van der Waals surface area contributed by atoms with Gasteiger partial charge in [0.15, 0.2) is 5.96 Å². The molecule has 1 aromatic carbocycles. The molecule has 0 radical (unpaired) electrons. The molecule has 2 fully saturated rings. The molecule has 4 rings (SSSR count). The van der Waals surface area contributed by atoms with Crippen LogP contribution in [0.3, 0.4) is 0 Å². The van der Waals surface area contributed by atoms with Gasteiger partial charge in [-0.25, -0.2) is 9.97 Å². The molecule has 3 heterocycles. The topological polar surface area (TPSA) is 91.0 Å². The molecule has 1 atom stereocenters. The molecule has 2 aliphatic heterocycles. The predicted molar refractivity (Wildman–Crippen MR) is 128 cm³/mol. The number of nitrogens with zero attached hydrogens (tertiary/aromatic N) is 6. The van der Waals surface area contributed by atoms with Gasteiger partial charge >= 0.3 is 0 Å². The summed E-state index contributed by atoms with van der Waals surface area (Å²) in [6.07, 6.45) is 4.06. The van der Waals surface area contributed by atoms with Crippen LogP contribution in [0.4, 0.5) is 5.95 Å². The summed E-state index contributed by atoms with van der Waals surface area (Å²) >= 11 is 0. The van der Waals surface area contributed by atoms with Gasteiger partial charge in [-0.05, 0) is 11.6 Å². The number of halogens is 1. The van der Waals surface area contributed by atoms with Crippen LogP contribution in [0, 0.1) is 5.92 Å². The van der Waals surface area contributed by atoms with Crippen molar-refractivity contribution < 1.29 is 4.79 Å². The molecule has 2 saturated heterocycles. The van der Waals surface area contributed by atoms with Crippen LogP contribution >= 0.6 is 24.0 Å². The molecule has 9 heteroatoms. The minimum absolute atomic E-state index is 0. The van der Waals surface area contributed by atoms with Crippen molar-refractivity contribution >= 4 is 41.8 Å². The molecule has 1 amide bonds. The number of rotatable bonds is 5. The second-order valence-corrected chi connectivity index (χ2v) is 7.55. The number of aliphatic imine (C=N–C) groups is 1. The number of piperazine rings is 1. The lowest BCUT2D eigenvalue weighted by Gasteiger charge is -2.35. The largest absolute Gasteiger partial charge is 0.370 e. The van der Waals surface area contributed by atoms with Gasteiger partial charge in [-0.1, -0.05) is 30.3 Å². The van der Waals surface area contributed by atoms with Gasteiger partial charge in [0.25, 0.3) is 0 Å². The first kappa shape index (κ1) is 22.3. The van der Waals surface area contributed by atoms with Crippen LogP contribution in [0.15, 0.2) is 53.8 Å². The third-order valence-electron chi connectivity index (χ3n) is 5.46. The van der Waals surface area contributed by atoms with Crippen LogP contribution in [0.2, 0.25) is 0 Å². The van der Waals surface area contributed by atoms with Gasteiger partial charge in [0.05, 0.1) is 0 Å². The smallest absolute Gasteiger partial charge is 0.225 e. The number of anilines is 1. The van der Waals surface area contributed by atoms with Crippen LogP contribution in [-0.4, -0.2) is 70.9 Å². The molecule has 160 valence electrons. The maximum Gasteiger partial charge on any atom is 0.225 e. The molecule has 2 aromatic rings. The van der Waals surface area contributed by atoms with E-state index < -0.39 is 0 Å². The summed E-state index contributed by atoms with van der Waals surface area (Å²) < 4.78 is 0. The Morgan fingerprint density at radius 3 is 2.47 bits per heavy atom. The Hall–Kier alpha value is -2.43. The van der Waals surface area contributed by atoms with Gasteiger partial charge < -0.3 is 20.4 Å². The maximum absolute atomic E-state index is 12.3. The Morgan fingerprint density at radius 2 is 1.77 bits per heavy atom. The van der Waals surface area contributed by atoms with Crippen molar-refractivity contribution in [1.82, 2.24) is 19.8 Å². The lowest BCUT2D eigenvalue weighted by Crippen LogP contribution is -2.51. The van der Waals surface area contributed by atoms with E-state index in [1.165, 1.54) is 0 Å². The first-order valence-electron chi connectivity index (χ1n) is 10.1. The van der Waals surface area contributed by atoms with E-state index in [0.717, 1.165) is 44.2 Å². The Balaban J connectivity index is 0.00000256. The fourth-order valence-corrected chi connectivity index (χ4v) is 3.85. The highest BCUT2D eigenvalue weighted by Gasteiger charge is 2.29. The molecule has 1 aromatic heterocycles. The van der Waals surface area contributed by atoms with E-state index in [9.17, 15) is 4.79 Å². The molecule has 30 heavy (non-hydrogen) atoms. The van der Waals surface area contributed by atoms with Crippen LogP contribution < -0.4 is 10.6 Å². The Kier molecular flexibility index (Phi) is 7.83. The number of amides is 1. The summed E-state index contributed by atoms with van der Waals surface area (Å²) in [5.74, 6) is 1.74. The first-order valence-corrected chi connectivity index (χ1v) is 10.1. The predicted octanol–water partition coefficient (Wildman–Crippen LogP) is 1.58. The van der Waals surface area contributed by atoms with Gasteiger partial charge in [-0.2, -0.15) is 0 Å². The normalized spacial score (nSPS) is 19.7. The summed E-state index contributed by atoms with van der Waals surface area (Å²) in [7, 11) is 0. The van der Waals surface area contributed by atoms with Crippen molar-refractivity contribution in [2.75, 3.05) is 44.2 Å². The molecule has 0 bridgehead atoms. The summed E-state index contributed by atoms with van der Waals surface area (Å²) in [6.45, 7) is 5.20. The highest BCUT2D eigenvalue weighted by molar-refractivity contribution is 14.0. The highest BCUT2D eigenvalue weighted by Crippen LogP contribution is 2.20. The van der Waals surface area contributed by atoms with Crippen LogP contribution in [0.25, 0.3) is 0 Å². The Labute approximate surface area is 194 Å². The van der Waals surface area contributed by atoms with Crippen molar-refractivity contribution in [2.24, 2.45) is 16.6 Å². The van der Waals surface area contributed by atoms with Gasteiger partial charge in [0.2, 0.25) is 11.9 Å². The van der Waals surface area contributed by atoms with E-state index in [1.807, 2.05) is 29.2 Å². The molecule has 2 N–H and O–H groups in total. The van der Waals surface area contributed by atoms with Gasteiger partial charge in [0.1, 0.15) is 0 Å². The molecule has 8 nitrogen and oxygen atoms in total. The molecule has 0 saturated carbocycles. The third-order valence-corrected chi connectivity index (χ3v) is 5.46. The number of aromatic nitrogens is 2. The number of hydrogen-bond acceptors (Lipinski definition) is 5. The van der Waals surface area contributed by atoms with Crippen molar-refractivity contribution in [3.05, 3.63) is 54.4 Å². The van der Waals surface area contributed by atoms with Crippen molar-refractivity contribution in [3.63, 3.8) is 0 Å². The molecule has 1 unspecified atom stereocenters. The van der Waals surface area contributed by atoms with Crippen LogP contribution in [-0.2, 0) is 11.3 Å². The van der Waals surface area contributed by atoms with Crippen molar-refractivity contribution in [2.45, 2.75) is 13.0 Å². The second kappa shape index (κ2) is 10.6. The first-order chi connectivity index (χ1) is 14.2. The van der Waals surface area contributed by atoms with Crippen molar-refractivity contribution in [3.8, 4) is 0 Å². The molecule has 2 aliphatic rings. The zero-order chi connectivity index (χ0) is 20.1. The van der Waals surface area contributed by atoms with Gasteiger partial charge in [0, 0.05) is 70.5 Å². The SMILES string of the molecule is I.NC(=NCC1CC(=O)N(Cc2ccccc2)C1)N1CCN(c2ncccn2)CC1. The number of benzene rings is 1. The van der Waals surface area contributed by atoms with E-state index in [-0.39, 0.29) is 35.8 Å². The zero-order valence-electron chi connectivity index (χ0n) is 16.9. The Bertz CT molecular complexity index is 841. The standard InChI is InChI=1S/C21H27N7O.HI/c22-20(26-9-11-27(12-10-26)21-23-7-4-8-24-21)25-14-18-13-19(29)28(16-18)15-17-5-2-1-3-6-17;/h1-8,18H,9-16H2,(H2,22,25);1H.